The van der Waals surface area contributed by atoms with Crippen LogP contribution in [0, 0.1) is 6.92 Å². The highest BCUT2D eigenvalue weighted by atomic mass is 32.2. The number of carbonyl (C=O) groups is 4. The van der Waals surface area contributed by atoms with E-state index in [0.717, 1.165) is 10.0 Å². The minimum atomic E-state index is -1.26. The van der Waals surface area contributed by atoms with Crippen molar-refractivity contribution in [3.63, 3.8) is 0 Å². The highest BCUT2D eigenvalue weighted by Crippen LogP contribution is 2.42. The van der Waals surface area contributed by atoms with E-state index in [2.05, 4.69) is 20.4 Å². The van der Waals surface area contributed by atoms with E-state index in [1.54, 1.807) is 17.8 Å². The Morgan fingerprint density at radius 1 is 1.30 bits per heavy atom. The smallest absolute Gasteiger partial charge is 0.435 e. The molecule has 2 aromatic rings. The molecule has 2 aliphatic heterocycles. The summed E-state index contributed by atoms with van der Waals surface area (Å²) in [5, 5.41) is 11.1. The number of rotatable bonds is 11. The zero-order valence-corrected chi connectivity index (χ0v) is 25.0. The van der Waals surface area contributed by atoms with E-state index in [-0.39, 0.29) is 18.0 Å². The molecule has 4 heterocycles. The Bertz CT molecular complexity index is 1330. The van der Waals surface area contributed by atoms with Crippen LogP contribution in [0.2, 0.25) is 0 Å². The largest absolute Gasteiger partial charge is 0.511 e. The Balaban J connectivity index is 1.53. The molecule has 0 saturated carbocycles. The van der Waals surface area contributed by atoms with E-state index in [9.17, 15) is 19.2 Å². The van der Waals surface area contributed by atoms with Crippen molar-refractivity contribution in [3.05, 3.63) is 38.2 Å². The molecule has 3 atom stereocenters. The zero-order valence-electron chi connectivity index (χ0n) is 21.8. The number of carbonyl (C=O) groups excluding carboxylic acids is 4. The molecule has 0 radical (unpaired) electrons. The first kappa shape index (κ1) is 29.8. The van der Waals surface area contributed by atoms with Crippen molar-refractivity contribution in [2.45, 2.75) is 43.5 Å². The topological polar surface area (TPSA) is 159 Å². The van der Waals surface area contributed by atoms with Crippen LogP contribution in [0.25, 0.3) is 0 Å². The van der Waals surface area contributed by atoms with Crippen molar-refractivity contribution in [1.29, 1.82) is 0 Å². The summed E-state index contributed by atoms with van der Waals surface area (Å²) < 4.78 is 15.0. The maximum Gasteiger partial charge on any atom is 0.511 e. The third-order valence-electron chi connectivity index (χ3n) is 5.39. The number of thiazole rings is 2. The summed E-state index contributed by atoms with van der Waals surface area (Å²) in [5.74, 6) is -1.22. The molecule has 1 fully saturated rings. The quantitative estimate of drug-likeness (QED) is 0.0971. The van der Waals surface area contributed by atoms with Crippen molar-refractivity contribution >= 4 is 75.8 Å². The first-order valence-electron chi connectivity index (χ1n) is 11.8. The predicted octanol–water partition coefficient (Wildman–Crippen LogP) is 2.77. The Labute approximate surface area is 245 Å². The van der Waals surface area contributed by atoms with E-state index < -0.39 is 41.6 Å². The van der Waals surface area contributed by atoms with E-state index in [1.165, 1.54) is 65.1 Å². The molecule has 17 heteroatoms. The normalized spacial score (nSPS) is 19.4. The van der Waals surface area contributed by atoms with Crippen LogP contribution in [0.15, 0.2) is 37.7 Å². The number of hydrogen-bond donors (Lipinski definition) is 1. The van der Waals surface area contributed by atoms with Gasteiger partial charge in [-0.3, -0.25) is 14.5 Å². The number of hydrogen-bond acceptors (Lipinski definition) is 15. The Kier molecular flexibility index (Phi) is 10.0. The van der Waals surface area contributed by atoms with Gasteiger partial charge in [0.15, 0.2) is 5.71 Å². The van der Waals surface area contributed by atoms with Gasteiger partial charge in [0, 0.05) is 29.2 Å². The number of amides is 2. The molecule has 0 spiro atoms. The van der Waals surface area contributed by atoms with Gasteiger partial charge >= 0.3 is 12.1 Å². The van der Waals surface area contributed by atoms with Crippen molar-refractivity contribution in [2.75, 3.05) is 25.2 Å². The second-order valence-electron chi connectivity index (χ2n) is 8.08. The van der Waals surface area contributed by atoms with Crippen LogP contribution in [-0.2, 0) is 33.4 Å². The zero-order chi connectivity index (χ0) is 28.8. The second kappa shape index (κ2) is 13.5. The SMILES string of the molecule is CCOC(=O)OC(C)OC(=O)C1=C(CSc2csc(C)n2)CS[C@H]2C(NC(=O)/C(=N\OC)c3cscn3)C(=O)N12. The third-order valence-corrected chi connectivity index (χ3v) is 9.24. The maximum atomic E-state index is 13.3. The molecule has 0 bridgehead atoms. The average Bonchev–Trinajstić information content (AvgIpc) is 3.60. The second-order valence-corrected chi connectivity index (χ2v) is 12.0. The summed E-state index contributed by atoms with van der Waals surface area (Å²) in [6.07, 6.45) is -2.25. The molecule has 0 aromatic carbocycles. The standard InChI is InChI=1S/C23H25N5O8S4/c1-5-34-23(32)36-12(3)35-22(31)18-13(6-39-15-9-38-11(2)25-15)7-40-21-17(20(30)28(18)21)26-19(29)16(27-33-4)14-8-37-10-24-14/h8-10,12,17,21H,5-7H2,1-4H3,(H,26,29)/b27-16-/t12?,17?,21-/m0/s1. The van der Waals surface area contributed by atoms with Crippen LogP contribution < -0.4 is 5.32 Å². The van der Waals surface area contributed by atoms with Crippen LogP contribution in [0.3, 0.4) is 0 Å². The molecular weight excluding hydrogens is 603 g/mol. The molecule has 0 aliphatic carbocycles. The summed E-state index contributed by atoms with van der Waals surface area (Å²) in [4.78, 5) is 65.9. The van der Waals surface area contributed by atoms with Crippen LogP contribution in [0.4, 0.5) is 4.79 Å². The molecule has 2 amide bonds. The number of ether oxygens (including phenoxy) is 3. The van der Waals surface area contributed by atoms with Crippen molar-refractivity contribution < 1.29 is 38.2 Å². The fourth-order valence-corrected chi connectivity index (χ4v) is 7.43. The van der Waals surface area contributed by atoms with Crippen LogP contribution in [0.1, 0.15) is 24.5 Å². The molecule has 2 unspecified atom stereocenters. The van der Waals surface area contributed by atoms with Gasteiger partial charge in [-0.25, -0.2) is 19.6 Å². The summed E-state index contributed by atoms with van der Waals surface area (Å²) in [6.45, 7) is 4.97. The number of fused-ring (bicyclic) bond motifs is 1. The number of nitrogens with zero attached hydrogens (tertiary/aromatic N) is 4. The van der Waals surface area contributed by atoms with Gasteiger partial charge in [-0.2, -0.15) is 0 Å². The lowest BCUT2D eigenvalue weighted by Gasteiger charge is -2.49. The van der Waals surface area contributed by atoms with Gasteiger partial charge in [0.1, 0.15) is 34.9 Å². The summed E-state index contributed by atoms with van der Waals surface area (Å²) >= 11 is 5.61. The fraction of sp³-hybridized carbons (Fsp3) is 0.435. The van der Waals surface area contributed by atoms with E-state index in [0.29, 0.717) is 22.8 Å². The maximum absolute atomic E-state index is 13.3. The lowest BCUT2D eigenvalue weighted by atomic mass is 10.0. The number of oxime groups is 1. The molecule has 1 saturated heterocycles. The van der Waals surface area contributed by atoms with E-state index >= 15 is 0 Å². The van der Waals surface area contributed by atoms with Crippen molar-refractivity contribution in [1.82, 2.24) is 20.2 Å². The minimum Gasteiger partial charge on any atom is -0.435 e. The van der Waals surface area contributed by atoms with Gasteiger partial charge in [0.2, 0.25) is 6.29 Å². The predicted molar refractivity (Wildman–Crippen MR) is 149 cm³/mol. The van der Waals surface area contributed by atoms with Gasteiger partial charge in [-0.05, 0) is 19.4 Å². The van der Waals surface area contributed by atoms with E-state index in [1.807, 2.05) is 12.3 Å². The molecule has 2 aliphatic rings. The highest BCUT2D eigenvalue weighted by Gasteiger charge is 2.55. The van der Waals surface area contributed by atoms with Gasteiger partial charge in [0.05, 0.1) is 17.1 Å². The van der Waals surface area contributed by atoms with E-state index in [4.69, 9.17) is 19.0 Å². The molecule has 2 aromatic heterocycles. The van der Waals surface area contributed by atoms with Gasteiger partial charge < -0.3 is 24.4 Å². The molecule has 13 nitrogen and oxygen atoms in total. The van der Waals surface area contributed by atoms with Gasteiger partial charge in [-0.1, -0.05) is 5.16 Å². The number of esters is 1. The molecule has 4 rings (SSSR count). The third kappa shape index (κ3) is 6.76. The van der Waals surface area contributed by atoms with Crippen molar-refractivity contribution in [3.8, 4) is 0 Å². The number of nitrogens with one attached hydrogen (secondary N) is 1. The van der Waals surface area contributed by atoms with Gasteiger partial charge in [-0.15, -0.1) is 46.2 Å². The first-order chi connectivity index (χ1) is 19.2. The number of thioether (sulfide) groups is 2. The number of β-lactam (4-membered cyclic amide) rings is 1. The van der Waals surface area contributed by atoms with Crippen LogP contribution >= 0.6 is 46.2 Å². The number of aromatic nitrogens is 2. The van der Waals surface area contributed by atoms with Crippen molar-refractivity contribution in [2.24, 2.45) is 5.16 Å². The Morgan fingerprint density at radius 2 is 2.10 bits per heavy atom. The minimum absolute atomic E-state index is 0.0447. The molecule has 40 heavy (non-hydrogen) atoms. The molecule has 1 N–H and O–H groups in total. The monoisotopic (exact) mass is 627 g/mol. The molecule has 214 valence electrons. The fourth-order valence-electron chi connectivity index (χ4n) is 3.71. The Hall–Kier alpha value is -3.15. The average molecular weight is 628 g/mol. The summed E-state index contributed by atoms with van der Waals surface area (Å²) in [7, 11) is 1.30. The Morgan fingerprint density at radius 3 is 2.75 bits per heavy atom. The van der Waals surface area contributed by atoms with Gasteiger partial charge in [0.25, 0.3) is 11.8 Å². The van der Waals surface area contributed by atoms with Crippen LogP contribution in [-0.4, -0.2) is 87.4 Å². The first-order valence-corrected chi connectivity index (χ1v) is 15.7. The summed E-state index contributed by atoms with van der Waals surface area (Å²) in [6, 6.07) is -0.926. The van der Waals surface area contributed by atoms with Crippen LogP contribution in [0.5, 0.6) is 0 Å². The lowest BCUT2D eigenvalue weighted by molar-refractivity contribution is -0.168. The number of aryl methyl sites for hydroxylation is 1. The highest BCUT2D eigenvalue weighted by molar-refractivity contribution is 8.01. The summed E-state index contributed by atoms with van der Waals surface area (Å²) in [5.41, 5.74) is 2.46. The lowest BCUT2D eigenvalue weighted by Crippen LogP contribution is -2.71. The molecular formula is C23H25N5O8S4.